The van der Waals surface area contributed by atoms with E-state index in [9.17, 15) is 9.59 Å². The largest absolute Gasteiger partial charge is 0.391 e. The summed E-state index contributed by atoms with van der Waals surface area (Å²) < 4.78 is 4.58. The Morgan fingerprint density at radius 1 is 1.37 bits per heavy atom. The summed E-state index contributed by atoms with van der Waals surface area (Å²) in [5.74, 6) is -1.28. The lowest BCUT2D eigenvalue weighted by Gasteiger charge is -2.11. The highest BCUT2D eigenvalue weighted by atomic mass is 16.6. The molecule has 5 nitrogen and oxygen atoms in total. The standard InChI is InChI=1S/C14H18N2O3/c1-9(15)14(18)19-13(17)8-16-12-6-10-4-2-3-5-11(10)7-12/h2-5,9,12,16H,6-8,15H2,1H3/t9-/m0/s1. The van der Waals surface area contributed by atoms with Crippen LogP contribution in [0, 0.1) is 0 Å². The van der Waals surface area contributed by atoms with Gasteiger partial charge in [0.05, 0.1) is 6.54 Å². The number of rotatable bonds is 4. The normalized spacial score (nSPS) is 15.9. The van der Waals surface area contributed by atoms with Crippen LogP contribution in [0.15, 0.2) is 24.3 Å². The number of hydrogen-bond acceptors (Lipinski definition) is 5. The van der Waals surface area contributed by atoms with Crippen molar-refractivity contribution in [3.63, 3.8) is 0 Å². The molecule has 5 heteroatoms. The summed E-state index contributed by atoms with van der Waals surface area (Å²) in [6.07, 6.45) is 1.79. The Morgan fingerprint density at radius 3 is 2.47 bits per heavy atom. The Bertz CT molecular complexity index is 460. The van der Waals surface area contributed by atoms with E-state index in [1.807, 2.05) is 12.1 Å². The number of esters is 2. The average Bonchev–Trinajstić information content (AvgIpc) is 2.78. The minimum Gasteiger partial charge on any atom is -0.391 e. The summed E-state index contributed by atoms with van der Waals surface area (Å²) in [7, 11) is 0. The zero-order valence-corrected chi connectivity index (χ0v) is 10.9. The van der Waals surface area contributed by atoms with Crippen molar-refractivity contribution >= 4 is 11.9 Å². The lowest BCUT2D eigenvalue weighted by molar-refractivity contribution is -0.159. The molecule has 0 fully saturated rings. The monoisotopic (exact) mass is 262 g/mol. The first-order chi connectivity index (χ1) is 9.06. The molecule has 3 N–H and O–H groups in total. The molecule has 0 heterocycles. The predicted octanol–water partition coefficient (Wildman–Crippen LogP) is 0.160. The molecule has 0 bridgehead atoms. The van der Waals surface area contributed by atoms with Crippen LogP contribution in [0.4, 0.5) is 0 Å². The SMILES string of the molecule is C[C@H](N)C(=O)OC(=O)CNC1Cc2ccccc2C1. The number of benzene rings is 1. The van der Waals surface area contributed by atoms with Gasteiger partial charge in [0.25, 0.3) is 0 Å². The maximum absolute atomic E-state index is 11.4. The van der Waals surface area contributed by atoms with E-state index >= 15 is 0 Å². The van der Waals surface area contributed by atoms with E-state index < -0.39 is 18.0 Å². The number of nitrogens with two attached hydrogens (primary N) is 1. The summed E-state index contributed by atoms with van der Waals surface area (Å²) in [4.78, 5) is 22.6. The molecule has 0 amide bonds. The van der Waals surface area contributed by atoms with E-state index in [2.05, 4.69) is 22.2 Å². The van der Waals surface area contributed by atoms with Crippen LogP contribution in [0.2, 0.25) is 0 Å². The highest BCUT2D eigenvalue weighted by Crippen LogP contribution is 2.21. The van der Waals surface area contributed by atoms with Gasteiger partial charge in [-0.1, -0.05) is 24.3 Å². The number of ether oxygens (including phenoxy) is 1. The topological polar surface area (TPSA) is 81.4 Å². The van der Waals surface area contributed by atoms with Crippen molar-refractivity contribution in [3.8, 4) is 0 Å². The summed E-state index contributed by atoms with van der Waals surface area (Å²) >= 11 is 0. The third-order valence-electron chi connectivity index (χ3n) is 3.17. The average molecular weight is 262 g/mol. The Balaban J connectivity index is 1.76. The van der Waals surface area contributed by atoms with E-state index in [0.717, 1.165) is 12.8 Å². The number of fused-ring (bicyclic) bond motifs is 1. The Labute approximate surface area is 112 Å². The Hall–Kier alpha value is -1.72. The van der Waals surface area contributed by atoms with Crippen molar-refractivity contribution in [1.82, 2.24) is 5.32 Å². The van der Waals surface area contributed by atoms with E-state index in [-0.39, 0.29) is 12.6 Å². The maximum atomic E-state index is 11.4. The molecule has 0 spiro atoms. The molecule has 1 aromatic rings. The van der Waals surface area contributed by atoms with E-state index in [0.29, 0.717) is 0 Å². The highest BCUT2D eigenvalue weighted by molar-refractivity contribution is 5.88. The second-order valence-corrected chi connectivity index (χ2v) is 4.84. The molecule has 0 saturated carbocycles. The quantitative estimate of drug-likeness (QED) is 0.597. The van der Waals surface area contributed by atoms with Crippen molar-refractivity contribution in [2.24, 2.45) is 5.73 Å². The third kappa shape index (κ3) is 3.62. The van der Waals surface area contributed by atoms with Gasteiger partial charge in [0, 0.05) is 6.04 Å². The van der Waals surface area contributed by atoms with Crippen LogP contribution in [0.1, 0.15) is 18.1 Å². The summed E-state index contributed by atoms with van der Waals surface area (Å²) in [5, 5.41) is 3.11. The van der Waals surface area contributed by atoms with E-state index in [1.54, 1.807) is 0 Å². The van der Waals surface area contributed by atoms with Crippen LogP contribution >= 0.6 is 0 Å². The molecule has 0 aromatic heterocycles. The second kappa shape index (κ2) is 5.95. The molecule has 0 aliphatic heterocycles. The van der Waals surface area contributed by atoms with Crippen LogP contribution in [-0.2, 0) is 27.2 Å². The summed E-state index contributed by atoms with van der Waals surface area (Å²) in [6, 6.07) is 7.65. The van der Waals surface area contributed by atoms with Crippen LogP contribution in [0.3, 0.4) is 0 Å². The predicted molar refractivity (Wildman–Crippen MR) is 70.4 cm³/mol. The first-order valence-electron chi connectivity index (χ1n) is 6.36. The van der Waals surface area contributed by atoms with E-state index in [1.165, 1.54) is 18.1 Å². The van der Waals surface area contributed by atoms with Crippen LogP contribution in [0.5, 0.6) is 0 Å². The minimum absolute atomic E-state index is 0.0249. The number of nitrogens with one attached hydrogen (secondary N) is 1. The Morgan fingerprint density at radius 2 is 1.95 bits per heavy atom. The molecule has 1 aliphatic rings. The summed E-state index contributed by atoms with van der Waals surface area (Å²) in [6.45, 7) is 1.51. The lowest BCUT2D eigenvalue weighted by Crippen LogP contribution is -2.38. The second-order valence-electron chi connectivity index (χ2n) is 4.84. The van der Waals surface area contributed by atoms with Crippen molar-refractivity contribution in [3.05, 3.63) is 35.4 Å². The van der Waals surface area contributed by atoms with Gasteiger partial charge < -0.3 is 15.8 Å². The number of carbonyl (C=O) groups excluding carboxylic acids is 2. The molecule has 1 aliphatic carbocycles. The smallest absolute Gasteiger partial charge is 0.330 e. The molecule has 2 rings (SSSR count). The minimum atomic E-state index is -0.778. The number of hydrogen-bond donors (Lipinski definition) is 2. The van der Waals surface area contributed by atoms with Gasteiger partial charge in [-0.25, -0.2) is 4.79 Å². The van der Waals surface area contributed by atoms with Crippen molar-refractivity contribution < 1.29 is 14.3 Å². The van der Waals surface area contributed by atoms with Crippen molar-refractivity contribution in [2.45, 2.75) is 31.8 Å². The van der Waals surface area contributed by atoms with Gasteiger partial charge >= 0.3 is 11.9 Å². The third-order valence-corrected chi connectivity index (χ3v) is 3.17. The van der Waals surface area contributed by atoms with Crippen molar-refractivity contribution in [1.29, 1.82) is 0 Å². The molecule has 102 valence electrons. The van der Waals surface area contributed by atoms with Gasteiger partial charge in [-0.15, -0.1) is 0 Å². The fourth-order valence-corrected chi connectivity index (χ4v) is 2.17. The summed E-state index contributed by atoms with van der Waals surface area (Å²) in [5.41, 5.74) is 7.92. The first kappa shape index (κ1) is 13.7. The molecular formula is C14H18N2O3. The van der Waals surface area contributed by atoms with Crippen molar-refractivity contribution in [2.75, 3.05) is 6.54 Å². The van der Waals surface area contributed by atoms with Crippen LogP contribution < -0.4 is 11.1 Å². The van der Waals surface area contributed by atoms with Gasteiger partial charge in [0.1, 0.15) is 6.04 Å². The number of carbonyl (C=O) groups is 2. The van der Waals surface area contributed by atoms with Gasteiger partial charge in [0.15, 0.2) is 0 Å². The maximum Gasteiger partial charge on any atom is 0.330 e. The van der Waals surface area contributed by atoms with Gasteiger partial charge in [-0.3, -0.25) is 4.79 Å². The lowest BCUT2D eigenvalue weighted by atomic mass is 10.1. The molecule has 0 radical (unpaired) electrons. The zero-order valence-electron chi connectivity index (χ0n) is 10.9. The first-order valence-corrected chi connectivity index (χ1v) is 6.36. The molecular weight excluding hydrogens is 244 g/mol. The molecule has 1 aromatic carbocycles. The zero-order chi connectivity index (χ0) is 13.8. The van der Waals surface area contributed by atoms with Crippen LogP contribution in [-0.4, -0.2) is 30.6 Å². The van der Waals surface area contributed by atoms with Gasteiger partial charge in [-0.05, 0) is 30.9 Å². The highest BCUT2D eigenvalue weighted by Gasteiger charge is 2.22. The fraction of sp³-hybridized carbons (Fsp3) is 0.429. The van der Waals surface area contributed by atoms with E-state index in [4.69, 9.17) is 5.73 Å². The Kier molecular flexibility index (Phi) is 4.29. The van der Waals surface area contributed by atoms with Gasteiger partial charge in [0.2, 0.25) is 0 Å². The molecule has 19 heavy (non-hydrogen) atoms. The molecule has 0 unspecified atom stereocenters. The molecule has 1 atom stereocenters. The molecule has 0 saturated heterocycles. The fourth-order valence-electron chi connectivity index (χ4n) is 2.17. The van der Waals surface area contributed by atoms with Crippen LogP contribution in [0.25, 0.3) is 0 Å². The van der Waals surface area contributed by atoms with Gasteiger partial charge in [-0.2, -0.15) is 0 Å².